The fraction of sp³-hybridized carbons (Fsp3) is 0.235. The molecule has 0 bridgehead atoms. The molecule has 0 radical (unpaired) electrons. The fourth-order valence-electron chi connectivity index (χ4n) is 2.59. The molecule has 1 heterocycles. The van der Waals surface area contributed by atoms with Crippen LogP contribution in [0.2, 0.25) is 5.02 Å². The van der Waals surface area contributed by atoms with Gasteiger partial charge in [0.15, 0.2) is 0 Å². The Hall–Kier alpha value is -1.95. The van der Waals surface area contributed by atoms with Crippen LogP contribution < -0.4 is 16.2 Å². The van der Waals surface area contributed by atoms with E-state index in [0.29, 0.717) is 17.1 Å². The zero-order valence-corrected chi connectivity index (χ0v) is 13.3. The molecule has 1 amide bonds. The molecule has 2 unspecified atom stereocenters. The average molecular weight is 334 g/mol. The first-order valence-corrected chi connectivity index (χ1v) is 7.74. The molecule has 0 aromatic heterocycles. The standard InChI is InChI=1S/C17H17ClFN3O/c1-10-2-5-12(18)8-14(10)20-17(23)16-9-15(21-22-16)11-3-6-13(19)7-4-11/h2-8,15-16,21-22H,9H2,1H3,(H,20,23). The van der Waals surface area contributed by atoms with Crippen molar-refractivity contribution in [3.8, 4) is 0 Å². The van der Waals surface area contributed by atoms with Crippen LogP contribution in [0.3, 0.4) is 0 Å². The summed E-state index contributed by atoms with van der Waals surface area (Å²) in [5.74, 6) is -0.405. The molecule has 2 aromatic carbocycles. The number of hydrazine groups is 1. The van der Waals surface area contributed by atoms with Gasteiger partial charge >= 0.3 is 0 Å². The molecule has 23 heavy (non-hydrogen) atoms. The molecule has 6 heteroatoms. The van der Waals surface area contributed by atoms with E-state index < -0.39 is 0 Å². The third-order valence-electron chi connectivity index (χ3n) is 3.95. The summed E-state index contributed by atoms with van der Waals surface area (Å²) in [7, 11) is 0. The lowest BCUT2D eigenvalue weighted by Crippen LogP contribution is -2.39. The van der Waals surface area contributed by atoms with E-state index in [1.807, 2.05) is 13.0 Å². The Labute approximate surface area is 139 Å². The molecular weight excluding hydrogens is 317 g/mol. The number of carbonyl (C=O) groups is 1. The number of nitrogens with one attached hydrogen (secondary N) is 3. The van der Waals surface area contributed by atoms with Crippen LogP contribution in [0.4, 0.5) is 10.1 Å². The Morgan fingerprint density at radius 2 is 1.96 bits per heavy atom. The second-order valence-electron chi connectivity index (χ2n) is 5.63. The third kappa shape index (κ3) is 3.69. The van der Waals surface area contributed by atoms with Gasteiger partial charge in [0.25, 0.3) is 0 Å². The molecule has 120 valence electrons. The zero-order chi connectivity index (χ0) is 16.4. The largest absolute Gasteiger partial charge is 0.324 e. The van der Waals surface area contributed by atoms with Crippen LogP contribution >= 0.6 is 11.6 Å². The van der Waals surface area contributed by atoms with Crippen molar-refractivity contribution in [2.45, 2.75) is 25.4 Å². The number of anilines is 1. The first kappa shape index (κ1) is 15.9. The van der Waals surface area contributed by atoms with Crippen molar-refractivity contribution in [2.75, 3.05) is 5.32 Å². The Kier molecular flexibility index (Phi) is 4.61. The van der Waals surface area contributed by atoms with Gasteiger partial charge in [-0.1, -0.05) is 29.8 Å². The summed E-state index contributed by atoms with van der Waals surface area (Å²) >= 11 is 5.97. The van der Waals surface area contributed by atoms with Gasteiger partial charge in [0.05, 0.1) is 0 Å². The highest BCUT2D eigenvalue weighted by Gasteiger charge is 2.30. The molecule has 1 saturated heterocycles. The second-order valence-corrected chi connectivity index (χ2v) is 6.07. The molecule has 1 fully saturated rings. The summed E-state index contributed by atoms with van der Waals surface area (Å²) in [6, 6.07) is 11.2. The van der Waals surface area contributed by atoms with Crippen LogP contribution in [0, 0.1) is 12.7 Å². The molecule has 2 atom stereocenters. The molecule has 1 aliphatic heterocycles. The summed E-state index contributed by atoms with van der Waals surface area (Å²) < 4.78 is 13.0. The monoisotopic (exact) mass is 333 g/mol. The van der Waals surface area contributed by atoms with Crippen LogP contribution in [0.1, 0.15) is 23.6 Å². The van der Waals surface area contributed by atoms with Crippen molar-refractivity contribution in [2.24, 2.45) is 0 Å². The van der Waals surface area contributed by atoms with Gasteiger partial charge in [-0.05, 0) is 48.7 Å². The maximum atomic E-state index is 13.0. The first-order valence-electron chi connectivity index (χ1n) is 7.36. The van der Waals surface area contributed by atoms with Crippen molar-refractivity contribution in [3.63, 3.8) is 0 Å². The quantitative estimate of drug-likeness (QED) is 0.807. The molecule has 2 aromatic rings. The van der Waals surface area contributed by atoms with Crippen molar-refractivity contribution in [1.29, 1.82) is 0 Å². The summed E-state index contributed by atoms with van der Waals surface area (Å²) in [6.45, 7) is 1.91. The number of aryl methyl sites for hydroxylation is 1. The second kappa shape index (κ2) is 6.66. The number of hydrogen-bond donors (Lipinski definition) is 3. The van der Waals surface area contributed by atoms with Crippen molar-refractivity contribution < 1.29 is 9.18 Å². The molecule has 4 nitrogen and oxygen atoms in total. The molecule has 3 rings (SSSR count). The molecule has 0 aliphatic carbocycles. The molecule has 3 N–H and O–H groups in total. The van der Waals surface area contributed by atoms with E-state index in [-0.39, 0.29) is 23.8 Å². The van der Waals surface area contributed by atoms with Crippen molar-refractivity contribution in [3.05, 3.63) is 64.4 Å². The average Bonchev–Trinajstić information content (AvgIpc) is 3.02. The highest BCUT2D eigenvalue weighted by molar-refractivity contribution is 6.31. The van der Waals surface area contributed by atoms with Crippen LogP contribution in [-0.4, -0.2) is 11.9 Å². The predicted octanol–water partition coefficient (Wildman–Crippen LogP) is 3.33. The smallest absolute Gasteiger partial charge is 0.242 e. The molecule has 0 saturated carbocycles. The summed E-state index contributed by atoms with van der Waals surface area (Å²) in [5.41, 5.74) is 8.65. The van der Waals surface area contributed by atoms with Gasteiger partial charge < -0.3 is 5.32 Å². The van der Waals surface area contributed by atoms with Gasteiger partial charge in [-0.2, -0.15) is 0 Å². The van der Waals surface area contributed by atoms with Crippen LogP contribution in [0.5, 0.6) is 0 Å². The lowest BCUT2D eigenvalue weighted by atomic mass is 10.0. The van der Waals surface area contributed by atoms with E-state index in [1.165, 1.54) is 12.1 Å². The topological polar surface area (TPSA) is 53.2 Å². The fourth-order valence-corrected chi connectivity index (χ4v) is 2.76. The predicted molar refractivity (Wildman–Crippen MR) is 88.6 cm³/mol. The van der Waals surface area contributed by atoms with Crippen molar-refractivity contribution >= 4 is 23.2 Å². The van der Waals surface area contributed by atoms with Crippen LogP contribution in [0.25, 0.3) is 0 Å². The summed E-state index contributed by atoms with van der Waals surface area (Å²) in [5, 5.41) is 3.46. The Balaban J connectivity index is 1.65. The lowest BCUT2D eigenvalue weighted by Gasteiger charge is -2.13. The number of benzene rings is 2. The van der Waals surface area contributed by atoms with Gasteiger partial charge in [0.2, 0.25) is 5.91 Å². The highest BCUT2D eigenvalue weighted by Crippen LogP contribution is 2.24. The van der Waals surface area contributed by atoms with Gasteiger partial charge in [-0.15, -0.1) is 0 Å². The van der Waals surface area contributed by atoms with E-state index in [4.69, 9.17) is 11.6 Å². The van der Waals surface area contributed by atoms with Crippen LogP contribution in [0.15, 0.2) is 42.5 Å². The summed E-state index contributed by atoms with van der Waals surface area (Å²) in [4.78, 5) is 12.4. The number of halogens is 2. The minimum atomic E-state index is -0.372. The van der Waals surface area contributed by atoms with Crippen molar-refractivity contribution in [1.82, 2.24) is 10.9 Å². The number of carbonyl (C=O) groups excluding carboxylic acids is 1. The lowest BCUT2D eigenvalue weighted by molar-refractivity contribution is -0.117. The minimum absolute atomic E-state index is 0.0354. The maximum Gasteiger partial charge on any atom is 0.242 e. The highest BCUT2D eigenvalue weighted by atomic mass is 35.5. The first-order chi connectivity index (χ1) is 11.0. The van der Waals surface area contributed by atoms with E-state index in [2.05, 4.69) is 16.2 Å². The Bertz CT molecular complexity index is 720. The number of rotatable bonds is 3. The van der Waals surface area contributed by atoms with E-state index in [1.54, 1.807) is 24.3 Å². The minimum Gasteiger partial charge on any atom is -0.324 e. The Morgan fingerprint density at radius 1 is 1.22 bits per heavy atom. The SMILES string of the molecule is Cc1ccc(Cl)cc1NC(=O)C1CC(c2ccc(F)cc2)NN1. The van der Waals surface area contributed by atoms with Crippen LogP contribution in [-0.2, 0) is 4.79 Å². The summed E-state index contributed by atoms with van der Waals surface area (Å²) in [6.07, 6.45) is 0.580. The molecule has 0 spiro atoms. The number of hydrogen-bond acceptors (Lipinski definition) is 3. The van der Waals surface area contributed by atoms with Gasteiger partial charge in [0, 0.05) is 16.8 Å². The van der Waals surface area contributed by atoms with Gasteiger partial charge in [-0.25, -0.2) is 15.2 Å². The van der Waals surface area contributed by atoms with E-state index in [9.17, 15) is 9.18 Å². The normalized spacial score (nSPS) is 20.5. The molecular formula is C17H17ClFN3O. The number of amides is 1. The zero-order valence-electron chi connectivity index (χ0n) is 12.6. The van der Waals surface area contributed by atoms with Gasteiger partial charge in [-0.3, -0.25) is 4.79 Å². The van der Waals surface area contributed by atoms with E-state index in [0.717, 1.165) is 11.1 Å². The Morgan fingerprint density at radius 3 is 2.70 bits per heavy atom. The third-order valence-corrected chi connectivity index (χ3v) is 4.18. The van der Waals surface area contributed by atoms with Gasteiger partial charge in [0.1, 0.15) is 11.9 Å². The maximum absolute atomic E-state index is 13.0. The molecule has 1 aliphatic rings. The van der Waals surface area contributed by atoms with E-state index >= 15 is 0 Å².